The van der Waals surface area contributed by atoms with Gasteiger partial charge in [0.05, 0.1) is 25.2 Å². The van der Waals surface area contributed by atoms with Gasteiger partial charge in [0.15, 0.2) is 5.96 Å². The van der Waals surface area contributed by atoms with Gasteiger partial charge in [-0.2, -0.15) is 12.6 Å². The van der Waals surface area contributed by atoms with E-state index < -0.39 is 41.8 Å². The Balaban J connectivity index is 2.44. The number of carbonyl (C=O) groups is 5. The lowest BCUT2D eigenvalue weighted by Crippen LogP contribution is -2.52. The zero-order chi connectivity index (χ0) is 24.1. The number of amides is 4. The average Bonchev–Trinajstić information content (AvgIpc) is 3.26. The normalized spacial score (nSPS) is 17.1. The van der Waals surface area contributed by atoms with Gasteiger partial charge in [-0.05, 0) is 25.7 Å². The molecule has 13 nitrogen and oxygen atoms in total. The van der Waals surface area contributed by atoms with Crippen molar-refractivity contribution in [3.05, 3.63) is 0 Å². The minimum atomic E-state index is -0.819. The van der Waals surface area contributed by atoms with E-state index in [1.807, 2.05) is 0 Å². The van der Waals surface area contributed by atoms with Crippen LogP contribution in [0.5, 0.6) is 0 Å². The van der Waals surface area contributed by atoms with Gasteiger partial charge in [-0.25, -0.2) is 0 Å². The summed E-state index contributed by atoms with van der Waals surface area (Å²) in [6.07, 6.45) is 2.44. The molecule has 0 bridgehead atoms. The molecule has 0 radical (unpaired) electrons. The molecular weight excluding hydrogens is 440 g/mol. The van der Waals surface area contributed by atoms with Crippen molar-refractivity contribution in [1.82, 2.24) is 20.9 Å². The van der Waals surface area contributed by atoms with Crippen molar-refractivity contribution in [2.75, 3.05) is 31.9 Å². The molecule has 1 heterocycles. The van der Waals surface area contributed by atoms with Crippen molar-refractivity contribution in [2.24, 2.45) is 22.2 Å². The van der Waals surface area contributed by atoms with Crippen LogP contribution in [0.25, 0.3) is 0 Å². The summed E-state index contributed by atoms with van der Waals surface area (Å²) in [5.41, 5.74) is 16.2. The Labute approximate surface area is 191 Å². The molecule has 180 valence electrons. The van der Waals surface area contributed by atoms with Gasteiger partial charge in [0.2, 0.25) is 23.6 Å². The first-order valence-corrected chi connectivity index (χ1v) is 10.8. The number of hydrogen-bond acceptors (Lipinski definition) is 8. The van der Waals surface area contributed by atoms with Crippen LogP contribution in [0.4, 0.5) is 0 Å². The molecule has 0 aromatic carbocycles. The topological polar surface area (TPSA) is 215 Å². The Morgan fingerprint density at radius 3 is 2.53 bits per heavy atom. The second-order valence-electron chi connectivity index (χ2n) is 7.23. The third-order valence-electron chi connectivity index (χ3n) is 4.72. The van der Waals surface area contributed by atoms with E-state index in [1.54, 1.807) is 0 Å². The van der Waals surface area contributed by atoms with Gasteiger partial charge in [-0.15, -0.1) is 0 Å². The van der Waals surface area contributed by atoms with Crippen LogP contribution in [0.3, 0.4) is 0 Å². The number of nitrogens with two attached hydrogens (primary N) is 3. The quantitative estimate of drug-likeness (QED) is 0.0462. The van der Waals surface area contributed by atoms with E-state index >= 15 is 0 Å². The summed E-state index contributed by atoms with van der Waals surface area (Å²) in [7, 11) is 0. The Hall–Kier alpha value is -2.87. The van der Waals surface area contributed by atoms with Crippen LogP contribution >= 0.6 is 12.6 Å². The van der Waals surface area contributed by atoms with Gasteiger partial charge in [0.1, 0.15) is 12.3 Å². The van der Waals surface area contributed by atoms with Crippen LogP contribution in [0.2, 0.25) is 0 Å². The molecule has 0 saturated carbocycles. The monoisotopic (exact) mass is 472 g/mol. The summed E-state index contributed by atoms with van der Waals surface area (Å²) in [6, 6.07) is -2.30. The second kappa shape index (κ2) is 14.2. The predicted octanol–water partition coefficient (Wildman–Crippen LogP) is -3.80. The molecule has 3 atom stereocenters. The third-order valence-corrected chi connectivity index (χ3v) is 5.12. The fraction of sp³-hybridized carbons (Fsp3) is 0.667. The van der Waals surface area contributed by atoms with Gasteiger partial charge in [0, 0.05) is 18.8 Å². The van der Waals surface area contributed by atoms with Gasteiger partial charge >= 0.3 is 0 Å². The van der Waals surface area contributed by atoms with E-state index in [1.165, 1.54) is 4.90 Å². The number of aldehydes is 1. The van der Waals surface area contributed by atoms with E-state index in [0.29, 0.717) is 45.1 Å². The van der Waals surface area contributed by atoms with Crippen molar-refractivity contribution in [2.45, 2.75) is 43.8 Å². The number of carbonyl (C=O) groups excluding carboxylic acids is 5. The fourth-order valence-corrected chi connectivity index (χ4v) is 3.23. The van der Waals surface area contributed by atoms with Crippen molar-refractivity contribution in [3.63, 3.8) is 0 Å². The summed E-state index contributed by atoms with van der Waals surface area (Å²) in [4.78, 5) is 64.7. The number of aliphatic imine (C=N–C) groups is 1. The van der Waals surface area contributed by atoms with E-state index in [4.69, 9.17) is 17.2 Å². The van der Waals surface area contributed by atoms with Crippen LogP contribution in [-0.2, 0) is 24.0 Å². The molecule has 9 N–H and O–H groups in total. The molecule has 32 heavy (non-hydrogen) atoms. The molecule has 1 rings (SSSR count). The number of hydrogen-bond donors (Lipinski definition) is 7. The largest absolute Gasteiger partial charge is 0.370 e. The lowest BCUT2D eigenvalue weighted by Gasteiger charge is -2.24. The van der Waals surface area contributed by atoms with Crippen molar-refractivity contribution < 1.29 is 24.0 Å². The lowest BCUT2D eigenvalue weighted by atomic mass is 10.1. The number of nitrogens with one attached hydrogen (secondary N) is 3. The van der Waals surface area contributed by atoms with E-state index in [2.05, 4.69) is 33.6 Å². The number of likely N-dealkylation sites (tertiary alicyclic amines) is 1. The minimum Gasteiger partial charge on any atom is -0.370 e. The van der Waals surface area contributed by atoms with Gasteiger partial charge in [-0.3, -0.25) is 24.2 Å². The van der Waals surface area contributed by atoms with Crippen LogP contribution in [0.1, 0.15) is 25.7 Å². The first-order chi connectivity index (χ1) is 15.2. The molecule has 0 aliphatic carbocycles. The maximum atomic E-state index is 12.5. The Kier molecular flexibility index (Phi) is 12.1. The molecule has 1 aliphatic heterocycles. The SMILES string of the molecule is NC(N)=NCCC[C@H](N)C(=O)NCC(=O)N1CCC[C@H]1C(=O)NCC(=O)N[C@H](C=O)CS. The molecule has 1 saturated heterocycles. The number of guanidine groups is 1. The highest BCUT2D eigenvalue weighted by Gasteiger charge is 2.34. The highest BCUT2D eigenvalue weighted by Crippen LogP contribution is 2.17. The first-order valence-electron chi connectivity index (χ1n) is 10.2. The summed E-state index contributed by atoms with van der Waals surface area (Å²) in [6.45, 7) is 0.0697. The number of rotatable bonds is 13. The minimum absolute atomic E-state index is 0.0405. The van der Waals surface area contributed by atoms with Gasteiger partial charge in [0.25, 0.3) is 0 Å². The number of thiol groups is 1. The van der Waals surface area contributed by atoms with Crippen LogP contribution in [-0.4, -0.2) is 90.8 Å². The highest BCUT2D eigenvalue weighted by atomic mass is 32.1. The number of nitrogens with zero attached hydrogens (tertiary/aromatic N) is 2. The highest BCUT2D eigenvalue weighted by molar-refractivity contribution is 7.80. The molecular formula is C18H32N8O5S. The fourth-order valence-electron chi connectivity index (χ4n) is 3.05. The summed E-state index contributed by atoms with van der Waals surface area (Å²) >= 11 is 3.93. The lowest BCUT2D eigenvalue weighted by molar-refractivity contribution is -0.139. The van der Waals surface area contributed by atoms with Crippen LogP contribution in [0.15, 0.2) is 4.99 Å². The molecule has 0 spiro atoms. The van der Waals surface area contributed by atoms with Gasteiger partial charge < -0.3 is 42.8 Å². The maximum Gasteiger partial charge on any atom is 0.243 e. The zero-order valence-corrected chi connectivity index (χ0v) is 18.7. The third kappa shape index (κ3) is 9.51. The zero-order valence-electron chi connectivity index (χ0n) is 17.8. The summed E-state index contributed by atoms with van der Waals surface area (Å²) in [5, 5.41) is 7.34. The predicted molar refractivity (Wildman–Crippen MR) is 120 cm³/mol. The van der Waals surface area contributed by atoms with Gasteiger partial charge in [-0.1, -0.05) is 0 Å². The Morgan fingerprint density at radius 1 is 1.19 bits per heavy atom. The van der Waals surface area contributed by atoms with E-state index in [9.17, 15) is 24.0 Å². The van der Waals surface area contributed by atoms with Crippen molar-refractivity contribution in [1.29, 1.82) is 0 Å². The standard InChI is InChI=1S/C18H32N8O5S/c19-12(3-1-5-22-18(20)21)16(30)24-8-15(29)26-6-2-4-13(26)17(31)23-7-14(28)25-11(9-27)10-32/h9,11-13,32H,1-8,10,19H2,(H,23,31)(H,24,30)(H,25,28)(H4,20,21,22)/t11-,12+,13+/m1/s1. The van der Waals surface area contributed by atoms with E-state index in [-0.39, 0.29) is 24.8 Å². The van der Waals surface area contributed by atoms with Crippen molar-refractivity contribution >= 4 is 48.5 Å². The smallest absolute Gasteiger partial charge is 0.243 e. The summed E-state index contributed by atoms with van der Waals surface area (Å²) in [5.74, 6) is -1.84. The maximum absolute atomic E-state index is 12.5. The molecule has 0 aromatic heterocycles. The van der Waals surface area contributed by atoms with Crippen LogP contribution in [0, 0.1) is 0 Å². The molecule has 4 amide bonds. The Bertz CT molecular complexity index is 715. The van der Waals surface area contributed by atoms with E-state index in [0.717, 1.165) is 0 Å². The molecule has 0 unspecified atom stereocenters. The second-order valence-corrected chi connectivity index (χ2v) is 7.59. The molecule has 1 fully saturated rings. The summed E-state index contributed by atoms with van der Waals surface area (Å²) < 4.78 is 0. The van der Waals surface area contributed by atoms with Crippen LogP contribution < -0.4 is 33.2 Å². The average molecular weight is 473 g/mol. The molecule has 0 aromatic rings. The Morgan fingerprint density at radius 2 is 1.91 bits per heavy atom. The first kappa shape index (κ1) is 27.2. The molecule has 1 aliphatic rings. The molecule has 14 heteroatoms. The van der Waals surface area contributed by atoms with Crippen molar-refractivity contribution in [3.8, 4) is 0 Å².